The lowest BCUT2D eigenvalue weighted by atomic mass is 10.3. The highest BCUT2D eigenvalue weighted by atomic mass is 16.7. The van der Waals surface area contributed by atoms with E-state index in [-0.39, 0.29) is 18.7 Å². The van der Waals surface area contributed by atoms with Gasteiger partial charge in [-0.2, -0.15) is 0 Å². The summed E-state index contributed by atoms with van der Waals surface area (Å²) in [6.45, 7) is 0.252. The minimum atomic E-state index is -0.0625. The van der Waals surface area contributed by atoms with Crippen molar-refractivity contribution in [1.82, 2.24) is 0 Å². The maximum Gasteiger partial charge on any atom is 0.158 e. The minimum absolute atomic E-state index is 0.0625. The van der Waals surface area contributed by atoms with E-state index in [2.05, 4.69) is 4.74 Å². The van der Waals surface area contributed by atoms with Gasteiger partial charge in [0.05, 0.1) is 6.10 Å². The number of methoxy groups -OCH3 is 1. The lowest BCUT2D eigenvalue weighted by Crippen LogP contribution is -2.10. The molecule has 0 N–H and O–H groups in total. The van der Waals surface area contributed by atoms with Crippen LogP contribution in [0.2, 0.25) is 0 Å². The van der Waals surface area contributed by atoms with Crippen molar-refractivity contribution < 1.29 is 14.3 Å². The lowest BCUT2D eigenvalue weighted by Gasteiger charge is -2.06. The third-order valence-corrected chi connectivity index (χ3v) is 1.30. The normalized spacial score (nSPS) is 24.1. The second-order valence-electron chi connectivity index (χ2n) is 2.14. The van der Waals surface area contributed by atoms with Crippen LogP contribution in [0.1, 0.15) is 6.42 Å². The molecule has 0 fully saturated rings. The van der Waals surface area contributed by atoms with Crippen LogP contribution >= 0.6 is 0 Å². The number of rotatable bonds is 3. The highest BCUT2D eigenvalue weighted by Gasteiger charge is 2.15. The molecule has 1 aliphatic rings. The molecule has 0 amide bonds. The molecule has 0 radical (unpaired) electrons. The van der Waals surface area contributed by atoms with Crippen molar-refractivity contribution in [3.63, 3.8) is 0 Å². The van der Waals surface area contributed by atoms with Gasteiger partial charge in [-0.1, -0.05) is 6.08 Å². The van der Waals surface area contributed by atoms with Crippen LogP contribution in [0.25, 0.3) is 0 Å². The molecule has 10 heavy (non-hydrogen) atoms. The van der Waals surface area contributed by atoms with Crippen LogP contribution in [0.3, 0.4) is 0 Å². The van der Waals surface area contributed by atoms with Crippen molar-refractivity contribution in [1.29, 1.82) is 0 Å². The first-order valence-corrected chi connectivity index (χ1v) is 3.14. The number of carbonyl (C=O) groups is 1. The summed E-state index contributed by atoms with van der Waals surface area (Å²) in [6.07, 6.45) is 3.69. The Morgan fingerprint density at radius 2 is 2.60 bits per heavy atom. The van der Waals surface area contributed by atoms with E-state index >= 15 is 0 Å². The predicted molar refractivity (Wildman–Crippen MR) is 35.5 cm³/mol. The molecule has 0 saturated carbocycles. The van der Waals surface area contributed by atoms with E-state index in [9.17, 15) is 4.79 Å². The molecule has 0 aromatic rings. The molecule has 0 bridgehead atoms. The Morgan fingerprint density at radius 1 is 1.80 bits per heavy atom. The van der Waals surface area contributed by atoms with Crippen molar-refractivity contribution in [3.05, 3.63) is 12.2 Å². The van der Waals surface area contributed by atoms with Crippen LogP contribution in [-0.4, -0.2) is 25.8 Å². The Kier molecular flexibility index (Phi) is 2.59. The van der Waals surface area contributed by atoms with Crippen LogP contribution in [0, 0.1) is 0 Å². The molecule has 0 unspecified atom stereocenters. The minimum Gasteiger partial charge on any atom is -0.359 e. The zero-order valence-electron chi connectivity index (χ0n) is 5.87. The molecule has 3 heteroatoms. The average molecular weight is 142 g/mol. The van der Waals surface area contributed by atoms with E-state index in [4.69, 9.17) is 4.74 Å². The largest absolute Gasteiger partial charge is 0.359 e. The number of ketones is 1. The number of allylic oxidation sites excluding steroid dienone is 1. The molecule has 3 nitrogen and oxygen atoms in total. The quantitative estimate of drug-likeness (QED) is 0.538. The molecule has 0 aromatic carbocycles. The Balaban J connectivity index is 2.20. The van der Waals surface area contributed by atoms with Crippen LogP contribution < -0.4 is 0 Å². The summed E-state index contributed by atoms with van der Waals surface area (Å²) in [4.78, 5) is 10.6. The van der Waals surface area contributed by atoms with Gasteiger partial charge >= 0.3 is 0 Å². The Morgan fingerprint density at radius 3 is 3.10 bits per heavy atom. The fourth-order valence-electron chi connectivity index (χ4n) is 0.819. The summed E-state index contributed by atoms with van der Waals surface area (Å²) in [5.41, 5.74) is 0. The number of hydrogen-bond donors (Lipinski definition) is 0. The lowest BCUT2D eigenvalue weighted by molar-refractivity contribution is -0.117. The van der Waals surface area contributed by atoms with E-state index in [0.29, 0.717) is 6.42 Å². The van der Waals surface area contributed by atoms with E-state index < -0.39 is 0 Å². The summed E-state index contributed by atoms with van der Waals surface area (Å²) in [6, 6.07) is 0. The number of carbonyl (C=O) groups excluding carboxylic acids is 1. The fraction of sp³-hybridized carbons (Fsp3) is 0.571. The molecule has 0 aromatic heterocycles. The summed E-state index contributed by atoms with van der Waals surface area (Å²) in [7, 11) is 1.56. The predicted octanol–water partition coefficient (Wildman–Crippen LogP) is 0.505. The van der Waals surface area contributed by atoms with Crippen molar-refractivity contribution in [2.24, 2.45) is 0 Å². The van der Waals surface area contributed by atoms with E-state index in [1.807, 2.05) is 0 Å². The van der Waals surface area contributed by atoms with Gasteiger partial charge in [-0.25, -0.2) is 0 Å². The fourth-order valence-corrected chi connectivity index (χ4v) is 0.819. The third-order valence-electron chi connectivity index (χ3n) is 1.30. The molecular weight excluding hydrogens is 132 g/mol. The smallest absolute Gasteiger partial charge is 0.158 e. The van der Waals surface area contributed by atoms with Crippen LogP contribution in [0.5, 0.6) is 0 Å². The molecule has 0 aliphatic heterocycles. The SMILES string of the molecule is COCO[C@@H]1C=CC(=O)C1. The Hall–Kier alpha value is -0.670. The Bertz CT molecular complexity index is 151. The highest BCUT2D eigenvalue weighted by Crippen LogP contribution is 2.09. The van der Waals surface area contributed by atoms with Gasteiger partial charge in [0.2, 0.25) is 0 Å². The molecule has 0 saturated heterocycles. The number of ether oxygens (including phenoxy) is 2. The summed E-state index contributed by atoms with van der Waals surface area (Å²) >= 11 is 0. The average Bonchev–Trinajstić information content (AvgIpc) is 2.31. The zero-order valence-corrected chi connectivity index (χ0v) is 5.87. The molecular formula is C7H10O3. The van der Waals surface area contributed by atoms with Gasteiger partial charge in [-0.05, 0) is 6.08 Å². The zero-order chi connectivity index (χ0) is 7.40. The highest BCUT2D eigenvalue weighted by molar-refractivity contribution is 5.92. The molecule has 56 valence electrons. The van der Waals surface area contributed by atoms with Crippen molar-refractivity contribution >= 4 is 5.78 Å². The first-order valence-electron chi connectivity index (χ1n) is 3.14. The summed E-state index contributed by atoms with van der Waals surface area (Å²) < 4.78 is 9.76. The van der Waals surface area contributed by atoms with Gasteiger partial charge in [0.25, 0.3) is 0 Å². The van der Waals surface area contributed by atoms with Crippen LogP contribution in [0.4, 0.5) is 0 Å². The van der Waals surface area contributed by atoms with E-state index in [1.54, 1.807) is 19.3 Å². The third kappa shape index (κ3) is 1.93. The van der Waals surface area contributed by atoms with Gasteiger partial charge in [-0.3, -0.25) is 4.79 Å². The van der Waals surface area contributed by atoms with Gasteiger partial charge < -0.3 is 9.47 Å². The van der Waals surface area contributed by atoms with Crippen LogP contribution in [0.15, 0.2) is 12.2 Å². The molecule has 0 heterocycles. The van der Waals surface area contributed by atoms with Crippen molar-refractivity contribution in [3.8, 4) is 0 Å². The summed E-state index contributed by atoms with van der Waals surface area (Å²) in [5, 5.41) is 0. The standard InChI is InChI=1S/C7H10O3/c1-9-5-10-7-3-2-6(8)4-7/h2-3,7H,4-5H2,1H3/t7-/m1/s1. The first-order chi connectivity index (χ1) is 4.83. The van der Waals surface area contributed by atoms with Crippen molar-refractivity contribution in [2.45, 2.75) is 12.5 Å². The monoisotopic (exact) mass is 142 g/mol. The maximum absolute atomic E-state index is 10.6. The van der Waals surface area contributed by atoms with Gasteiger partial charge in [0.1, 0.15) is 6.79 Å². The molecule has 1 atom stereocenters. The number of hydrogen-bond acceptors (Lipinski definition) is 3. The topological polar surface area (TPSA) is 35.5 Å². The van der Waals surface area contributed by atoms with Gasteiger partial charge in [0.15, 0.2) is 5.78 Å². The van der Waals surface area contributed by atoms with Gasteiger partial charge in [-0.15, -0.1) is 0 Å². The summed E-state index contributed by atoms with van der Waals surface area (Å²) in [5.74, 6) is 0.126. The molecule has 0 spiro atoms. The molecule has 1 aliphatic carbocycles. The van der Waals surface area contributed by atoms with E-state index in [0.717, 1.165) is 0 Å². The second kappa shape index (κ2) is 3.49. The maximum atomic E-state index is 10.6. The molecule has 1 rings (SSSR count). The van der Waals surface area contributed by atoms with E-state index in [1.165, 1.54) is 0 Å². The van der Waals surface area contributed by atoms with Crippen LogP contribution in [-0.2, 0) is 14.3 Å². The van der Waals surface area contributed by atoms with Crippen molar-refractivity contribution in [2.75, 3.05) is 13.9 Å². The second-order valence-corrected chi connectivity index (χ2v) is 2.14. The first kappa shape index (κ1) is 7.44. The Labute approximate surface area is 59.6 Å². The van der Waals surface area contributed by atoms with Gasteiger partial charge in [0, 0.05) is 13.5 Å².